The fourth-order valence-electron chi connectivity index (χ4n) is 4.72. The van der Waals surface area contributed by atoms with E-state index in [1.54, 1.807) is 19.3 Å². The topological polar surface area (TPSA) is 97.3 Å². The number of hydrogen-bond donors (Lipinski definition) is 1. The Labute approximate surface area is 214 Å². The summed E-state index contributed by atoms with van der Waals surface area (Å²) in [4.78, 5) is 40.0. The molecule has 3 aromatic rings. The van der Waals surface area contributed by atoms with Gasteiger partial charge in [0.1, 0.15) is 0 Å². The molecule has 8 nitrogen and oxygen atoms in total. The van der Waals surface area contributed by atoms with E-state index >= 15 is 0 Å². The maximum absolute atomic E-state index is 12.0. The molecule has 2 fully saturated rings. The number of pyridine rings is 1. The fourth-order valence-corrected chi connectivity index (χ4v) is 5.53. The number of ether oxygens (including phenoxy) is 1. The summed E-state index contributed by atoms with van der Waals surface area (Å²) in [5, 5.41) is 4.73. The second kappa shape index (κ2) is 10.8. The first-order chi connectivity index (χ1) is 17.5. The summed E-state index contributed by atoms with van der Waals surface area (Å²) in [5.41, 5.74) is 3.93. The van der Waals surface area contributed by atoms with Gasteiger partial charge >= 0.3 is 0 Å². The van der Waals surface area contributed by atoms with Crippen molar-refractivity contribution in [3.05, 3.63) is 58.3 Å². The molecule has 0 atom stereocenters. The minimum absolute atomic E-state index is 0.0515. The number of carbonyl (C=O) groups is 2. The number of hydrogen-bond acceptors (Lipinski definition) is 9. The van der Waals surface area contributed by atoms with E-state index in [0.717, 1.165) is 62.0 Å². The summed E-state index contributed by atoms with van der Waals surface area (Å²) in [6.07, 6.45) is 3.67. The van der Waals surface area contributed by atoms with Crippen molar-refractivity contribution in [1.29, 1.82) is 0 Å². The molecule has 36 heavy (non-hydrogen) atoms. The monoisotopic (exact) mass is 503 g/mol. The number of ketones is 1. The Morgan fingerprint density at radius 2 is 1.94 bits per heavy atom. The van der Waals surface area contributed by atoms with Gasteiger partial charge in [0.2, 0.25) is 16.9 Å². The zero-order valence-corrected chi connectivity index (χ0v) is 21.3. The van der Waals surface area contributed by atoms with Gasteiger partial charge in [-0.25, -0.2) is 4.98 Å². The van der Waals surface area contributed by atoms with Gasteiger partial charge in [-0.2, -0.15) is 4.98 Å². The molecule has 0 amide bonds. The Kier molecular flexibility index (Phi) is 7.29. The lowest BCUT2D eigenvalue weighted by Gasteiger charge is -2.32. The lowest BCUT2D eigenvalue weighted by atomic mass is 9.97. The normalized spacial score (nSPS) is 17.9. The minimum Gasteiger partial charge on any atom is -0.481 e. The maximum atomic E-state index is 12.0. The molecule has 0 aliphatic carbocycles. The molecule has 0 bridgehead atoms. The molecule has 4 heterocycles. The molecule has 186 valence electrons. The highest BCUT2D eigenvalue weighted by Gasteiger charge is 2.27. The molecule has 5 rings (SSSR count). The number of nitrogens with zero attached hydrogens (tertiary/aromatic N) is 4. The van der Waals surface area contributed by atoms with E-state index in [1.807, 2.05) is 13.0 Å². The van der Waals surface area contributed by atoms with Crippen molar-refractivity contribution in [1.82, 2.24) is 20.3 Å². The molecule has 2 aliphatic rings. The number of carbonyl (C=O) groups excluding carboxylic acids is 2. The van der Waals surface area contributed by atoms with Crippen molar-refractivity contribution in [3.8, 4) is 5.88 Å². The average molecular weight is 504 g/mol. The van der Waals surface area contributed by atoms with Crippen LogP contribution in [0.4, 0.5) is 5.95 Å². The van der Waals surface area contributed by atoms with Crippen LogP contribution < -0.4 is 15.0 Å². The van der Waals surface area contributed by atoms with Gasteiger partial charge < -0.3 is 15.0 Å². The summed E-state index contributed by atoms with van der Waals surface area (Å²) < 4.78 is 5.37. The summed E-state index contributed by atoms with van der Waals surface area (Å²) in [6, 6.07) is 12.1. The van der Waals surface area contributed by atoms with Crippen LogP contribution in [0.3, 0.4) is 0 Å². The van der Waals surface area contributed by atoms with E-state index < -0.39 is 0 Å². The SMILES string of the molecule is COc1cc(/C=C2\SC(=O)CC2=O)nc(N2CCC(CNCc3cc(C)nc4ccccc34)CC2)n1. The molecule has 0 radical (unpaired) electrons. The third-order valence-corrected chi connectivity index (χ3v) is 7.52. The number of nitrogens with one attached hydrogen (secondary N) is 1. The maximum Gasteiger partial charge on any atom is 0.229 e. The smallest absolute Gasteiger partial charge is 0.229 e. The zero-order chi connectivity index (χ0) is 25.1. The summed E-state index contributed by atoms with van der Waals surface area (Å²) in [5.74, 6) is 1.44. The number of rotatable bonds is 7. The van der Waals surface area contributed by atoms with Crippen molar-refractivity contribution in [2.75, 3.05) is 31.6 Å². The van der Waals surface area contributed by atoms with Gasteiger partial charge in [0.05, 0.1) is 29.6 Å². The quantitative estimate of drug-likeness (QED) is 0.380. The van der Waals surface area contributed by atoms with Crippen LogP contribution in [0.1, 0.15) is 36.2 Å². The summed E-state index contributed by atoms with van der Waals surface area (Å²) in [7, 11) is 1.56. The number of methoxy groups -OCH3 is 1. The van der Waals surface area contributed by atoms with Crippen LogP contribution in [0.25, 0.3) is 17.0 Å². The average Bonchev–Trinajstić information content (AvgIpc) is 3.20. The van der Waals surface area contributed by atoms with E-state index in [9.17, 15) is 9.59 Å². The number of aromatic nitrogens is 3. The Bertz CT molecular complexity index is 1330. The number of anilines is 1. The fraction of sp³-hybridized carbons (Fsp3) is 0.370. The number of piperidine rings is 1. The van der Waals surface area contributed by atoms with Crippen LogP contribution in [0.15, 0.2) is 41.3 Å². The van der Waals surface area contributed by atoms with Gasteiger partial charge in [-0.15, -0.1) is 0 Å². The number of thioether (sulfide) groups is 1. The van der Waals surface area contributed by atoms with E-state index in [2.05, 4.69) is 49.4 Å². The first-order valence-electron chi connectivity index (χ1n) is 12.2. The molecule has 0 unspecified atom stereocenters. The molecule has 9 heteroatoms. The summed E-state index contributed by atoms with van der Waals surface area (Å²) >= 11 is 0.978. The Morgan fingerprint density at radius 1 is 1.14 bits per heavy atom. The third kappa shape index (κ3) is 5.57. The number of aryl methyl sites for hydroxylation is 1. The lowest BCUT2D eigenvalue weighted by molar-refractivity contribution is -0.119. The predicted molar refractivity (Wildman–Crippen MR) is 142 cm³/mol. The highest BCUT2D eigenvalue weighted by molar-refractivity contribution is 8.18. The van der Waals surface area contributed by atoms with Gasteiger partial charge in [-0.3, -0.25) is 14.6 Å². The molecule has 1 aromatic carbocycles. The Balaban J connectivity index is 1.19. The van der Waals surface area contributed by atoms with Crippen LogP contribution in [-0.4, -0.2) is 52.6 Å². The van der Waals surface area contributed by atoms with E-state index in [-0.39, 0.29) is 17.3 Å². The molecule has 1 N–H and O–H groups in total. The second-order valence-electron chi connectivity index (χ2n) is 9.22. The predicted octanol–water partition coefficient (Wildman–Crippen LogP) is 3.92. The van der Waals surface area contributed by atoms with Gasteiger partial charge in [-0.05, 0) is 67.8 Å². The van der Waals surface area contributed by atoms with Gasteiger partial charge in [-0.1, -0.05) is 18.2 Å². The molecule has 2 aliphatic heterocycles. The third-order valence-electron chi connectivity index (χ3n) is 6.58. The number of Topliss-reactive ketones (excluding diaryl/α,β-unsaturated/α-hetero) is 1. The molecule has 2 saturated heterocycles. The van der Waals surface area contributed by atoms with Gasteiger partial charge in [0.15, 0.2) is 5.78 Å². The van der Waals surface area contributed by atoms with Crippen molar-refractivity contribution in [2.45, 2.75) is 32.7 Å². The van der Waals surface area contributed by atoms with Gasteiger partial charge in [0, 0.05) is 36.8 Å². The highest BCUT2D eigenvalue weighted by atomic mass is 32.2. The Morgan fingerprint density at radius 3 is 2.69 bits per heavy atom. The first kappa shape index (κ1) is 24.4. The van der Waals surface area contributed by atoms with Crippen LogP contribution >= 0.6 is 11.8 Å². The molecule has 0 saturated carbocycles. The molecule has 2 aromatic heterocycles. The van der Waals surface area contributed by atoms with Crippen molar-refractivity contribution < 1.29 is 14.3 Å². The Hall–Kier alpha value is -3.30. The van der Waals surface area contributed by atoms with Crippen molar-refractivity contribution in [3.63, 3.8) is 0 Å². The van der Waals surface area contributed by atoms with Crippen LogP contribution in [0.2, 0.25) is 0 Å². The summed E-state index contributed by atoms with van der Waals surface area (Å²) in [6.45, 7) is 5.50. The first-order valence-corrected chi connectivity index (χ1v) is 13.0. The molecular weight excluding hydrogens is 474 g/mol. The van der Waals surface area contributed by atoms with Crippen LogP contribution in [-0.2, 0) is 16.1 Å². The molecule has 0 spiro atoms. The van der Waals surface area contributed by atoms with Crippen LogP contribution in [0, 0.1) is 12.8 Å². The highest BCUT2D eigenvalue weighted by Crippen LogP contribution is 2.31. The minimum atomic E-state index is -0.160. The van der Waals surface area contributed by atoms with Crippen molar-refractivity contribution >= 4 is 45.6 Å². The van der Waals surface area contributed by atoms with Crippen molar-refractivity contribution in [2.24, 2.45) is 5.92 Å². The number of benzene rings is 1. The van der Waals surface area contributed by atoms with E-state index in [1.165, 1.54) is 10.9 Å². The van der Waals surface area contributed by atoms with Gasteiger partial charge in [0.25, 0.3) is 0 Å². The number of allylic oxidation sites excluding steroid dienone is 1. The second-order valence-corrected chi connectivity index (χ2v) is 10.3. The van der Waals surface area contributed by atoms with E-state index in [4.69, 9.17) is 4.74 Å². The number of para-hydroxylation sites is 1. The zero-order valence-electron chi connectivity index (χ0n) is 20.5. The van der Waals surface area contributed by atoms with E-state index in [0.29, 0.717) is 28.3 Å². The number of fused-ring (bicyclic) bond motifs is 1. The molecular formula is C27H29N5O3S. The standard InChI is InChI=1S/C27H29N5O3S/c1-17-11-19(21-5-3-4-6-22(21)29-17)16-28-15-18-7-9-32(10-8-18)27-30-20(13-25(31-27)35-2)12-24-23(33)14-26(34)36-24/h3-6,11-13,18,28H,7-10,14-16H2,1-2H3/b24-12-. The lowest BCUT2D eigenvalue weighted by Crippen LogP contribution is -2.38. The van der Waals surface area contributed by atoms with Crippen LogP contribution in [0.5, 0.6) is 5.88 Å². The largest absolute Gasteiger partial charge is 0.481 e.